The second-order valence-corrected chi connectivity index (χ2v) is 5.61. The number of fused-ring (bicyclic) bond motifs is 1. The van der Waals surface area contributed by atoms with E-state index in [1.54, 1.807) is 0 Å². The van der Waals surface area contributed by atoms with Gasteiger partial charge in [-0.3, -0.25) is 4.79 Å². The molecule has 3 rings (SSSR count). The molecule has 100 valence electrons. The second-order valence-electron chi connectivity index (χ2n) is 4.69. The van der Waals surface area contributed by atoms with Gasteiger partial charge in [-0.1, -0.05) is 22.0 Å². The number of benzene rings is 2. The molecule has 4 heteroatoms. The third-order valence-electron chi connectivity index (χ3n) is 3.26. The fourth-order valence-electron chi connectivity index (χ4n) is 2.12. The van der Waals surface area contributed by atoms with E-state index >= 15 is 0 Å². The summed E-state index contributed by atoms with van der Waals surface area (Å²) < 4.78 is 0.944. The summed E-state index contributed by atoms with van der Waals surface area (Å²) in [4.78, 5) is 15.4. The number of halogens is 1. The number of aryl methyl sites for hydroxylation is 1. The van der Waals surface area contributed by atoms with Crippen LogP contribution in [-0.2, 0) is 0 Å². The molecule has 1 amide bonds. The summed E-state index contributed by atoms with van der Waals surface area (Å²) in [6.45, 7) is 1.97. The predicted molar refractivity (Wildman–Crippen MR) is 85.1 cm³/mol. The summed E-state index contributed by atoms with van der Waals surface area (Å²) in [5.41, 5.74) is 3.53. The standard InChI is InChI=1S/C16H13BrN2O/c1-10-2-4-13(17)9-15(10)19-16(20)12-3-5-14-11(8-12)6-7-18-14/h2-9,18H,1H3,(H,19,20). The van der Waals surface area contributed by atoms with Gasteiger partial charge in [0.2, 0.25) is 0 Å². The van der Waals surface area contributed by atoms with Crippen LogP contribution in [0.2, 0.25) is 0 Å². The highest BCUT2D eigenvalue weighted by Crippen LogP contribution is 2.22. The minimum absolute atomic E-state index is 0.102. The normalized spacial score (nSPS) is 10.7. The molecule has 0 saturated heterocycles. The maximum absolute atomic E-state index is 12.3. The molecule has 0 radical (unpaired) electrons. The Morgan fingerprint density at radius 1 is 1.15 bits per heavy atom. The molecule has 0 aliphatic rings. The van der Waals surface area contributed by atoms with Crippen molar-refractivity contribution in [3.05, 3.63) is 64.3 Å². The molecule has 20 heavy (non-hydrogen) atoms. The second kappa shape index (κ2) is 5.13. The highest BCUT2D eigenvalue weighted by atomic mass is 79.9. The molecule has 0 atom stereocenters. The minimum atomic E-state index is -0.102. The van der Waals surface area contributed by atoms with Crippen LogP contribution in [0.15, 0.2) is 53.1 Å². The van der Waals surface area contributed by atoms with Crippen LogP contribution in [-0.4, -0.2) is 10.9 Å². The lowest BCUT2D eigenvalue weighted by Gasteiger charge is -2.09. The number of aromatic nitrogens is 1. The lowest BCUT2D eigenvalue weighted by Crippen LogP contribution is -2.12. The maximum atomic E-state index is 12.3. The van der Waals surface area contributed by atoms with E-state index in [0.717, 1.165) is 26.6 Å². The Morgan fingerprint density at radius 2 is 2.00 bits per heavy atom. The number of carbonyl (C=O) groups is 1. The van der Waals surface area contributed by atoms with Gasteiger partial charge in [0.25, 0.3) is 5.91 Å². The van der Waals surface area contributed by atoms with Crippen LogP contribution in [0.3, 0.4) is 0 Å². The van der Waals surface area contributed by atoms with Crippen LogP contribution in [0.1, 0.15) is 15.9 Å². The van der Waals surface area contributed by atoms with Crippen LogP contribution < -0.4 is 5.32 Å². The smallest absolute Gasteiger partial charge is 0.255 e. The van der Waals surface area contributed by atoms with E-state index in [4.69, 9.17) is 0 Å². The zero-order valence-corrected chi connectivity index (χ0v) is 12.5. The summed E-state index contributed by atoms with van der Waals surface area (Å²) >= 11 is 3.41. The van der Waals surface area contributed by atoms with E-state index in [2.05, 4.69) is 26.2 Å². The van der Waals surface area contributed by atoms with E-state index in [9.17, 15) is 4.79 Å². The molecule has 0 bridgehead atoms. The first-order valence-corrected chi connectivity index (χ1v) is 7.07. The van der Waals surface area contributed by atoms with Gasteiger partial charge in [-0.05, 0) is 48.9 Å². The molecule has 2 N–H and O–H groups in total. The number of hydrogen-bond donors (Lipinski definition) is 2. The Balaban J connectivity index is 1.90. The van der Waals surface area contributed by atoms with Crippen molar-refractivity contribution in [3.63, 3.8) is 0 Å². The van der Waals surface area contributed by atoms with E-state index in [0.29, 0.717) is 5.56 Å². The molecule has 0 spiro atoms. The average molecular weight is 329 g/mol. The highest BCUT2D eigenvalue weighted by molar-refractivity contribution is 9.10. The molecule has 0 unspecified atom stereocenters. The summed E-state index contributed by atoms with van der Waals surface area (Å²) in [7, 11) is 0. The van der Waals surface area contributed by atoms with Gasteiger partial charge in [0.1, 0.15) is 0 Å². The van der Waals surface area contributed by atoms with Gasteiger partial charge in [0.15, 0.2) is 0 Å². The Hall–Kier alpha value is -2.07. The zero-order valence-electron chi connectivity index (χ0n) is 10.9. The number of hydrogen-bond acceptors (Lipinski definition) is 1. The molecular formula is C16H13BrN2O. The van der Waals surface area contributed by atoms with Crippen molar-refractivity contribution in [2.45, 2.75) is 6.92 Å². The van der Waals surface area contributed by atoms with Crippen molar-refractivity contribution >= 4 is 38.4 Å². The zero-order chi connectivity index (χ0) is 14.1. The fourth-order valence-corrected chi connectivity index (χ4v) is 2.48. The first-order chi connectivity index (χ1) is 9.63. The number of rotatable bonds is 2. The number of nitrogens with one attached hydrogen (secondary N) is 2. The number of aromatic amines is 1. The molecule has 1 heterocycles. The molecular weight excluding hydrogens is 316 g/mol. The summed E-state index contributed by atoms with van der Waals surface area (Å²) in [6, 6.07) is 13.4. The highest BCUT2D eigenvalue weighted by Gasteiger charge is 2.09. The van der Waals surface area contributed by atoms with Crippen LogP contribution in [0.5, 0.6) is 0 Å². The van der Waals surface area contributed by atoms with E-state index in [1.165, 1.54) is 0 Å². The minimum Gasteiger partial charge on any atom is -0.361 e. The quantitative estimate of drug-likeness (QED) is 0.715. The molecule has 0 aliphatic carbocycles. The van der Waals surface area contributed by atoms with Crippen LogP contribution in [0.25, 0.3) is 10.9 Å². The Kier molecular flexibility index (Phi) is 3.32. The van der Waals surface area contributed by atoms with E-state index in [-0.39, 0.29) is 5.91 Å². The average Bonchev–Trinajstić information content (AvgIpc) is 2.90. The van der Waals surface area contributed by atoms with Crippen molar-refractivity contribution in [2.75, 3.05) is 5.32 Å². The molecule has 3 nitrogen and oxygen atoms in total. The maximum Gasteiger partial charge on any atom is 0.255 e. The monoisotopic (exact) mass is 328 g/mol. The summed E-state index contributed by atoms with van der Waals surface area (Å²) in [5.74, 6) is -0.102. The number of carbonyl (C=O) groups excluding carboxylic acids is 1. The molecule has 0 fully saturated rings. The van der Waals surface area contributed by atoms with Gasteiger partial charge in [0, 0.05) is 32.8 Å². The fraction of sp³-hybridized carbons (Fsp3) is 0.0625. The van der Waals surface area contributed by atoms with Gasteiger partial charge in [-0.25, -0.2) is 0 Å². The van der Waals surface area contributed by atoms with Gasteiger partial charge in [0.05, 0.1) is 0 Å². The lowest BCUT2D eigenvalue weighted by atomic mass is 10.1. The van der Waals surface area contributed by atoms with Crippen molar-refractivity contribution < 1.29 is 4.79 Å². The van der Waals surface area contributed by atoms with Gasteiger partial charge >= 0.3 is 0 Å². The molecule has 3 aromatic rings. The predicted octanol–water partition coefficient (Wildman–Crippen LogP) is 4.49. The summed E-state index contributed by atoms with van der Waals surface area (Å²) in [5, 5.41) is 3.98. The van der Waals surface area contributed by atoms with Gasteiger partial charge in [-0.2, -0.15) is 0 Å². The first-order valence-electron chi connectivity index (χ1n) is 6.28. The largest absolute Gasteiger partial charge is 0.361 e. The van der Waals surface area contributed by atoms with Crippen LogP contribution >= 0.6 is 15.9 Å². The Bertz CT molecular complexity index is 792. The van der Waals surface area contributed by atoms with Gasteiger partial charge in [-0.15, -0.1) is 0 Å². The Morgan fingerprint density at radius 3 is 2.85 bits per heavy atom. The SMILES string of the molecule is Cc1ccc(Br)cc1NC(=O)c1ccc2[nH]ccc2c1. The molecule has 1 aromatic heterocycles. The first kappa shape index (κ1) is 12.9. The van der Waals surface area contributed by atoms with Crippen molar-refractivity contribution in [3.8, 4) is 0 Å². The molecule has 0 saturated carbocycles. The molecule has 0 aliphatic heterocycles. The third-order valence-corrected chi connectivity index (χ3v) is 3.76. The Labute approximate surface area is 125 Å². The van der Waals surface area contributed by atoms with Crippen molar-refractivity contribution in [1.82, 2.24) is 4.98 Å². The third kappa shape index (κ3) is 2.47. The van der Waals surface area contributed by atoms with Crippen LogP contribution in [0, 0.1) is 6.92 Å². The summed E-state index contributed by atoms with van der Waals surface area (Å²) in [6.07, 6.45) is 1.87. The van der Waals surface area contributed by atoms with Crippen molar-refractivity contribution in [1.29, 1.82) is 0 Å². The number of anilines is 1. The van der Waals surface area contributed by atoms with Crippen LogP contribution in [0.4, 0.5) is 5.69 Å². The van der Waals surface area contributed by atoms with E-state index in [1.807, 2.05) is 55.6 Å². The number of H-pyrrole nitrogens is 1. The lowest BCUT2D eigenvalue weighted by molar-refractivity contribution is 0.102. The topological polar surface area (TPSA) is 44.9 Å². The van der Waals surface area contributed by atoms with Crippen molar-refractivity contribution in [2.24, 2.45) is 0 Å². The number of amides is 1. The van der Waals surface area contributed by atoms with Gasteiger partial charge < -0.3 is 10.3 Å². The van der Waals surface area contributed by atoms with E-state index < -0.39 is 0 Å². The molecule has 2 aromatic carbocycles.